The van der Waals surface area contributed by atoms with Crippen molar-refractivity contribution in [1.29, 1.82) is 0 Å². The lowest BCUT2D eigenvalue weighted by Gasteiger charge is -2.43. The van der Waals surface area contributed by atoms with Crippen LogP contribution in [0.25, 0.3) is 0 Å². The lowest BCUT2D eigenvalue weighted by molar-refractivity contribution is 0.0121. The molecule has 0 aliphatic carbocycles. The minimum absolute atomic E-state index is 0.0541. The fourth-order valence-electron chi connectivity index (χ4n) is 3.90. The fraction of sp³-hybridized carbons (Fsp3) is 0.611. The van der Waals surface area contributed by atoms with Gasteiger partial charge in [-0.15, -0.1) is 5.10 Å². The van der Waals surface area contributed by atoms with Crippen LogP contribution < -0.4 is 4.90 Å². The highest BCUT2D eigenvalue weighted by Gasteiger charge is 2.41. The molecule has 26 heavy (non-hydrogen) atoms. The molecule has 140 valence electrons. The molecule has 2 aliphatic heterocycles. The molecule has 2 fully saturated rings. The highest BCUT2D eigenvalue weighted by atomic mass is 16.5. The number of carbonyl (C=O) groups is 1. The van der Waals surface area contributed by atoms with Crippen molar-refractivity contribution in [2.45, 2.75) is 26.7 Å². The lowest BCUT2D eigenvalue weighted by Crippen LogP contribution is -2.52. The molecule has 0 N–H and O–H groups in total. The van der Waals surface area contributed by atoms with Gasteiger partial charge in [0.15, 0.2) is 5.76 Å². The van der Waals surface area contributed by atoms with Gasteiger partial charge in [0.2, 0.25) is 5.89 Å². The van der Waals surface area contributed by atoms with E-state index in [4.69, 9.17) is 13.6 Å². The Labute approximate surface area is 152 Å². The van der Waals surface area contributed by atoms with Gasteiger partial charge in [0.05, 0.1) is 13.2 Å². The zero-order valence-corrected chi connectivity index (χ0v) is 15.2. The Balaban J connectivity index is 1.53. The minimum Gasteiger partial charge on any atom is -0.456 e. The number of nitrogens with zero attached hydrogens (tertiary/aromatic N) is 4. The van der Waals surface area contributed by atoms with Crippen LogP contribution in [0.1, 0.15) is 35.0 Å². The van der Waals surface area contributed by atoms with Gasteiger partial charge in [-0.05, 0) is 31.9 Å². The number of anilines is 1. The van der Waals surface area contributed by atoms with Crippen LogP contribution in [0.5, 0.6) is 0 Å². The van der Waals surface area contributed by atoms with Crippen LogP contribution in [0.15, 0.2) is 21.0 Å². The number of rotatable bonds is 2. The van der Waals surface area contributed by atoms with Gasteiger partial charge in [-0.25, -0.2) is 0 Å². The van der Waals surface area contributed by atoms with Gasteiger partial charge in [0, 0.05) is 38.5 Å². The van der Waals surface area contributed by atoms with E-state index in [0.29, 0.717) is 44.0 Å². The number of carbonyl (C=O) groups excluding carboxylic acids is 1. The van der Waals surface area contributed by atoms with Crippen LogP contribution in [-0.4, -0.2) is 60.4 Å². The third-order valence-corrected chi connectivity index (χ3v) is 5.13. The van der Waals surface area contributed by atoms with Crippen molar-refractivity contribution in [3.05, 3.63) is 29.5 Å². The van der Waals surface area contributed by atoms with E-state index >= 15 is 0 Å². The first-order valence-electron chi connectivity index (χ1n) is 9.03. The van der Waals surface area contributed by atoms with Crippen LogP contribution in [0.2, 0.25) is 0 Å². The van der Waals surface area contributed by atoms with Gasteiger partial charge < -0.3 is 23.4 Å². The van der Waals surface area contributed by atoms with E-state index in [-0.39, 0.29) is 11.3 Å². The molecule has 1 unspecified atom stereocenters. The van der Waals surface area contributed by atoms with Crippen LogP contribution in [0.4, 0.5) is 6.01 Å². The van der Waals surface area contributed by atoms with Gasteiger partial charge in [0.1, 0.15) is 5.76 Å². The third kappa shape index (κ3) is 3.33. The van der Waals surface area contributed by atoms with Gasteiger partial charge >= 0.3 is 6.01 Å². The van der Waals surface area contributed by atoms with E-state index in [2.05, 4.69) is 15.1 Å². The van der Waals surface area contributed by atoms with Crippen LogP contribution >= 0.6 is 0 Å². The van der Waals surface area contributed by atoms with Crippen molar-refractivity contribution >= 4 is 11.9 Å². The Morgan fingerprint density at radius 3 is 2.77 bits per heavy atom. The summed E-state index contributed by atoms with van der Waals surface area (Å²) in [5.74, 6) is 1.64. The fourth-order valence-corrected chi connectivity index (χ4v) is 3.90. The van der Waals surface area contributed by atoms with Crippen molar-refractivity contribution in [2.75, 3.05) is 44.3 Å². The molecule has 1 atom stereocenters. The maximum atomic E-state index is 12.8. The number of aromatic nitrogens is 2. The molecule has 4 heterocycles. The molecule has 0 bridgehead atoms. The molecule has 2 aromatic heterocycles. The van der Waals surface area contributed by atoms with Crippen molar-refractivity contribution in [3.8, 4) is 0 Å². The molecule has 8 heteroatoms. The topological polar surface area (TPSA) is 84.8 Å². The van der Waals surface area contributed by atoms with Crippen molar-refractivity contribution in [1.82, 2.24) is 15.1 Å². The monoisotopic (exact) mass is 360 g/mol. The summed E-state index contributed by atoms with van der Waals surface area (Å²) in [6.45, 7) is 7.66. The zero-order chi connectivity index (χ0) is 18.1. The smallest absolute Gasteiger partial charge is 0.318 e. The van der Waals surface area contributed by atoms with E-state index in [9.17, 15) is 4.79 Å². The average Bonchev–Trinajstić information content (AvgIpc) is 3.20. The predicted octanol–water partition coefficient (Wildman–Crippen LogP) is 2.04. The average molecular weight is 360 g/mol. The Morgan fingerprint density at radius 2 is 2.04 bits per heavy atom. The first-order chi connectivity index (χ1) is 12.5. The highest BCUT2D eigenvalue weighted by molar-refractivity contribution is 5.91. The summed E-state index contributed by atoms with van der Waals surface area (Å²) in [4.78, 5) is 16.8. The summed E-state index contributed by atoms with van der Waals surface area (Å²) in [6.07, 6.45) is 1.93. The summed E-state index contributed by atoms with van der Waals surface area (Å²) >= 11 is 0. The Morgan fingerprint density at radius 1 is 1.15 bits per heavy atom. The molecule has 1 amide bonds. The van der Waals surface area contributed by atoms with E-state index in [1.165, 1.54) is 0 Å². The van der Waals surface area contributed by atoms with Crippen molar-refractivity contribution in [3.63, 3.8) is 0 Å². The van der Waals surface area contributed by atoms with Gasteiger partial charge in [-0.2, -0.15) is 0 Å². The SMILES string of the molecule is Cc1ccc(C(=O)N2CCCC3(COCCN(c4nnc(C)o4)C3)C2)o1. The largest absolute Gasteiger partial charge is 0.456 e. The second-order valence-electron chi connectivity index (χ2n) is 7.32. The summed E-state index contributed by atoms with van der Waals surface area (Å²) < 4.78 is 17.0. The normalized spacial score (nSPS) is 24.1. The number of amides is 1. The number of aryl methyl sites for hydroxylation is 2. The molecule has 0 saturated carbocycles. The zero-order valence-electron chi connectivity index (χ0n) is 15.2. The van der Waals surface area contributed by atoms with Crippen LogP contribution in [0, 0.1) is 19.3 Å². The maximum absolute atomic E-state index is 12.8. The molecule has 0 aromatic carbocycles. The predicted molar refractivity (Wildman–Crippen MR) is 93.1 cm³/mol. The highest BCUT2D eigenvalue weighted by Crippen LogP contribution is 2.35. The summed E-state index contributed by atoms with van der Waals surface area (Å²) in [5.41, 5.74) is -0.144. The molecule has 8 nitrogen and oxygen atoms in total. The Bertz CT molecular complexity index is 786. The standard InChI is InChI=1S/C18H24N4O4/c1-13-4-5-15(25-13)16(23)21-7-3-6-18(10-21)11-22(8-9-24-12-18)17-20-19-14(2)26-17/h4-5H,3,6-12H2,1-2H3. The Hall–Kier alpha value is -2.35. The molecule has 2 aliphatic rings. The molecule has 2 aromatic rings. The lowest BCUT2D eigenvalue weighted by atomic mass is 9.80. The van der Waals surface area contributed by atoms with Gasteiger partial charge in [-0.1, -0.05) is 5.10 Å². The molecular weight excluding hydrogens is 336 g/mol. The van der Waals surface area contributed by atoms with Gasteiger partial charge in [0.25, 0.3) is 5.91 Å². The molecule has 0 radical (unpaired) electrons. The summed E-state index contributed by atoms with van der Waals surface area (Å²) in [5, 5.41) is 8.09. The second kappa shape index (κ2) is 6.75. The maximum Gasteiger partial charge on any atom is 0.318 e. The molecule has 2 saturated heterocycles. The quantitative estimate of drug-likeness (QED) is 0.810. The van der Waals surface area contributed by atoms with Crippen LogP contribution in [0.3, 0.4) is 0 Å². The number of hydrogen-bond acceptors (Lipinski definition) is 7. The van der Waals surface area contributed by atoms with E-state index in [1.807, 2.05) is 17.9 Å². The first kappa shape index (κ1) is 17.1. The van der Waals surface area contributed by atoms with Crippen LogP contribution in [-0.2, 0) is 4.74 Å². The van der Waals surface area contributed by atoms with E-state index in [1.54, 1.807) is 13.0 Å². The molecular formula is C18H24N4O4. The number of ether oxygens (including phenoxy) is 1. The summed E-state index contributed by atoms with van der Waals surface area (Å²) in [6, 6.07) is 4.09. The van der Waals surface area contributed by atoms with E-state index < -0.39 is 0 Å². The van der Waals surface area contributed by atoms with Gasteiger partial charge in [-0.3, -0.25) is 4.79 Å². The molecule has 1 spiro atoms. The van der Waals surface area contributed by atoms with E-state index in [0.717, 1.165) is 31.7 Å². The Kier molecular flexibility index (Phi) is 4.44. The molecule has 4 rings (SSSR count). The number of piperidine rings is 1. The number of likely N-dealkylation sites (tertiary alicyclic amines) is 1. The minimum atomic E-state index is -0.144. The number of hydrogen-bond donors (Lipinski definition) is 0. The van der Waals surface area contributed by atoms with Crippen molar-refractivity contribution in [2.24, 2.45) is 5.41 Å². The van der Waals surface area contributed by atoms with Crippen molar-refractivity contribution < 1.29 is 18.4 Å². The first-order valence-corrected chi connectivity index (χ1v) is 9.03. The second-order valence-corrected chi connectivity index (χ2v) is 7.32. The third-order valence-electron chi connectivity index (χ3n) is 5.13. The number of furan rings is 1. The summed E-state index contributed by atoms with van der Waals surface area (Å²) in [7, 11) is 0.